The first kappa shape index (κ1) is 18.9. The summed E-state index contributed by atoms with van der Waals surface area (Å²) in [5, 5.41) is 10.1. The number of aromatic amines is 1. The topological polar surface area (TPSA) is 95.2 Å². The molecule has 0 aromatic carbocycles. The maximum atomic E-state index is 12.0. The molecule has 24 heavy (non-hydrogen) atoms. The van der Waals surface area contributed by atoms with E-state index < -0.39 is 9.84 Å². The van der Waals surface area contributed by atoms with E-state index in [4.69, 9.17) is 0 Å². The van der Waals surface area contributed by atoms with Gasteiger partial charge in [0.15, 0.2) is 9.84 Å². The second-order valence-corrected chi connectivity index (χ2v) is 9.82. The summed E-state index contributed by atoms with van der Waals surface area (Å²) in [5.74, 6) is 0.411. The minimum Gasteiger partial charge on any atom is -0.350 e. The monoisotopic (exact) mass is 356 g/mol. The number of H-pyrrole nitrogens is 1. The lowest BCUT2D eigenvalue weighted by atomic mass is 9.92. The van der Waals surface area contributed by atoms with Gasteiger partial charge in [0.05, 0.1) is 29.4 Å². The Balaban J connectivity index is 1.73. The average molecular weight is 356 g/mol. The normalized spacial score (nSPS) is 20.5. The Morgan fingerprint density at radius 2 is 2.17 bits per heavy atom. The number of sulfone groups is 1. The van der Waals surface area contributed by atoms with Gasteiger partial charge >= 0.3 is 0 Å². The Bertz CT molecular complexity index is 676. The highest BCUT2D eigenvalue weighted by Crippen LogP contribution is 2.20. The summed E-state index contributed by atoms with van der Waals surface area (Å²) >= 11 is 0. The number of carbonyl (C=O) groups is 1. The van der Waals surface area contributed by atoms with Crippen molar-refractivity contribution < 1.29 is 13.2 Å². The highest BCUT2D eigenvalue weighted by atomic mass is 32.2. The van der Waals surface area contributed by atoms with Crippen LogP contribution in [0.15, 0.2) is 6.07 Å². The molecule has 1 fully saturated rings. The number of nitrogens with zero attached hydrogens (tertiary/aromatic N) is 2. The number of amides is 1. The third-order valence-corrected chi connectivity index (χ3v) is 6.15. The van der Waals surface area contributed by atoms with Crippen molar-refractivity contribution in [1.29, 1.82) is 0 Å². The molecule has 1 aromatic heterocycles. The van der Waals surface area contributed by atoms with Crippen LogP contribution in [0.4, 0.5) is 0 Å². The number of carbonyl (C=O) groups excluding carboxylic acids is 1. The highest BCUT2D eigenvalue weighted by molar-refractivity contribution is 7.91. The first-order valence-corrected chi connectivity index (χ1v) is 10.1. The Kier molecular flexibility index (Phi) is 5.70. The van der Waals surface area contributed by atoms with Gasteiger partial charge in [-0.25, -0.2) is 8.42 Å². The highest BCUT2D eigenvalue weighted by Gasteiger charge is 2.30. The van der Waals surface area contributed by atoms with Gasteiger partial charge in [0.1, 0.15) is 0 Å². The molecule has 0 aliphatic carbocycles. The van der Waals surface area contributed by atoms with Gasteiger partial charge < -0.3 is 10.2 Å². The quantitative estimate of drug-likeness (QED) is 0.787. The van der Waals surface area contributed by atoms with E-state index in [1.165, 1.54) is 0 Å². The van der Waals surface area contributed by atoms with Crippen molar-refractivity contribution >= 4 is 15.7 Å². The minimum atomic E-state index is -2.89. The third-order valence-electron chi connectivity index (χ3n) is 4.40. The molecule has 0 spiro atoms. The molecule has 2 N–H and O–H groups in total. The smallest absolute Gasteiger partial charge is 0.221 e. The Hall–Kier alpha value is -1.41. The van der Waals surface area contributed by atoms with E-state index in [0.717, 1.165) is 11.4 Å². The van der Waals surface area contributed by atoms with Crippen molar-refractivity contribution in [2.24, 2.45) is 0 Å². The first-order chi connectivity index (χ1) is 11.1. The van der Waals surface area contributed by atoms with Gasteiger partial charge in [0.2, 0.25) is 5.91 Å². The molecule has 1 saturated heterocycles. The molecule has 1 aliphatic rings. The fraction of sp³-hybridized carbons (Fsp3) is 0.750. The standard InChI is InChI=1S/C16H28N4O3S/c1-16(2,3)14-9-12(18-19-14)10-17-15(21)5-7-20(4)13-6-8-24(22,23)11-13/h9,13H,5-8,10-11H2,1-4H3,(H,17,21)(H,18,19). The number of nitrogens with one attached hydrogen (secondary N) is 2. The number of hydrogen-bond acceptors (Lipinski definition) is 5. The lowest BCUT2D eigenvalue weighted by Crippen LogP contribution is -2.36. The van der Waals surface area contributed by atoms with Crippen LogP contribution >= 0.6 is 0 Å². The molecule has 0 bridgehead atoms. The molecule has 136 valence electrons. The zero-order chi connectivity index (χ0) is 18.0. The summed E-state index contributed by atoms with van der Waals surface area (Å²) < 4.78 is 23.0. The van der Waals surface area contributed by atoms with Gasteiger partial charge in [-0.1, -0.05) is 20.8 Å². The summed E-state index contributed by atoms with van der Waals surface area (Å²) in [6.07, 6.45) is 1.01. The number of aromatic nitrogens is 2. The molecule has 0 saturated carbocycles. The Morgan fingerprint density at radius 3 is 2.71 bits per heavy atom. The van der Waals surface area contributed by atoms with Crippen molar-refractivity contribution in [1.82, 2.24) is 20.4 Å². The lowest BCUT2D eigenvalue weighted by molar-refractivity contribution is -0.121. The van der Waals surface area contributed by atoms with Crippen LogP contribution in [0.1, 0.15) is 45.0 Å². The van der Waals surface area contributed by atoms with Crippen LogP contribution < -0.4 is 5.32 Å². The lowest BCUT2D eigenvalue weighted by Gasteiger charge is -2.22. The summed E-state index contributed by atoms with van der Waals surface area (Å²) in [6.45, 7) is 7.24. The predicted octanol–water partition coefficient (Wildman–Crippen LogP) is 0.832. The van der Waals surface area contributed by atoms with E-state index in [2.05, 4.69) is 36.3 Å². The van der Waals surface area contributed by atoms with E-state index in [-0.39, 0.29) is 28.9 Å². The predicted molar refractivity (Wildman–Crippen MR) is 93.4 cm³/mol. The first-order valence-electron chi connectivity index (χ1n) is 8.29. The summed E-state index contributed by atoms with van der Waals surface area (Å²) in [5.41, 5.74) is 1.82. The molecular weight excluding hydrogens is 328 g/mol. The molecule has 1 aromatic rings. The minimum absolute atomic E-state index is 0.0247. The summed E-state index contributed by atoms with van der Waals surface area (Å²) in [6, 6.07) is 2.00. The molecule has 7 nitrogen and oxygen atoms in total. The van der Waals surface area contributed by atoms with Crippen LogP contribution in [0.3, 0.4) is 0 Å². The fourth-order valence-corrected chi connectivity index (χ4v) is 4.51. The molecule has 1 unspecified atom stereocenters. The second kappa shape index (κ2) is 7.23. The van der Waals surface area contributed by atoms with E-state index in [1.54, 1.807) is 0 Å². The van der Waals surface area contributed by atoms with E-state index in [9.17, 15) is 13.2 Å². The van der Waals surface area contributed by atoms with Crippen LogP contribution in [-0.4, -0.2) is 60.6 Å². The molecule has 2 rings (SSSR count). The largest absolute Gasteiger partial charge is 0.350 e. The molecule has 1 amide bonds. The fourth-order valence-electron chi connectivity index (χ4n) is 2.70. The Labute approximate surface area is 144 Å². The summed E-state index contributed by atoms with van der Waals surface area (Å²) in [4.78, 5) is 13.9. The average Bonchev–Trinajstić information content (AvgIpc) is 3.08. The third kappa shape index (κ3) is 5.31. The van der Waals surface area contributed by atoms with Crippen molar-refractivity contribution in [2.45, 2.75) is 51.6 Å². The van der Waals surface area contributed by atoms with Gasteiger partial charge in [-0.3, -0.25) is 9.89 Å². The van der Waals surface area contributed by atoms with Gasteiger partial charge in [-0.2, -0.15) is 5.10 Å². The van der Waals surface area contributed by atoms with Crippen LogP contribution in [0, 0.1) is 0 Å². The van der Waals surface area contributed by atoms with Gasteiger partial charge in [-0.15, -0.1) is 0 Å². The van der Waals surface area contributed by atoms with Crippen LogP contribution in [-0.2, 0) is 26.6 Å². The molecular formula is C16H28N4O3S. The van der Waals surface area contributed by atoms with Crippen LogP contribution in [0.25, 0.3) is 0 Å². The maximum Gasteiger partial charge on any atom is 0.221 e. The molecule has 0 radical (unpaired) electrons. The van der Waals surface area contributed by atoms with E-state index in [0.29, 0.717) is 25.9 Å². The van der Waals surface area contributed by atoms with Crippen molar-refractivity contribution in [3.63, 3.8) is 0 Å². The van der Waals surface area contributed by atoms with Gasteiger partial charge in [0, 0.05) is 24.4 Å². The van der Waals surface area contributed by atoms with Crippen molar-refractivity contribution in [3.8, 4) is 0 Å². The molecule has 1 aliphatic heterocycles. The second-order valence-electron chi connectivity index (χ2n) is 7.59. The number of hydrogen-bond donors (Lipinski definition) is 2. The van der Waals surface area contributed by atoms with E-state index >= 15 is 0 Å². The molecule has 2 heterocycles. The zero-order valence-corrected chi connectivity index (χ0v) is 15.7. The van der Waals surface area contributed by atoms with Crippen molar-refractivity contribution in [2.75, 3.05) is 25.1 Å². The van der Waals surface area contributed by atoms with E-state index in [1.807, 2.05) is 18.0 Å². The van der Waals surface area contributed by atoms with Crippen molar-refractivity contribution in [3.05, 3.63) is 17.5 Å². The van der Waals surface area contributed by atoms with Crippen LogP contribution in [0.5, 0.6) is 0 Å². The van der Waals surface area contributed by atoms with Gasteiger partial charge in [0.25, 0.3) is 0 Å². The number of rotatable bonds is 6. The Morgan fingerprint density at radius 1 is 1.46 bits per heavy atom. The van der Waals surface area contributed by atoms with Crippen LogP contribution in [0.2, 0.25) is 0 Å². The SMILES string of the molecule is CN(CCC(=O)NCc1cc(C(C)(C)C)n[nH]1)C1CCS(=O)(=O)C1. The zero-order valence-electron chi connectivity index (χ0n) is 14.9. The molecule has 8 heteroatoms. The molecule has 1 atom stereocenters. The maximum absolute atomic E-state index is 12.0. The van der Waals surface area contributed by atoms with Gasteiger partial charge in [-0.05, 0) is 19.5 Å². The summed E-state index contributed by atoms with van der Waals surface area (Å²) in [7, 11) is -1.01.